The summed E-state index contributed by atoms with van der Waals surface area (Å²) in [5.74, 6) is 0.788. The van der Waals surface area contributed by atoms with E-state index in [1.165, 1.54) is 5.56 Å². The first-order chi connectivity index (χ1) is 12.2. The van der Waals surface area contributed by atoms with Crippen LogP contribution in [-0.2, 0) is 0 Å². The number of furan rings is 1. The first-order valence-electron chi connectivity index (χ1n) is 8.35. The molecule has 3 heterocycles. The molecular formula is C19H18BrN3O2. The summed E-state index contributed by atoms with van der Waals surface area (Å²) in [4.78, 5) is 14.3. The van der Waals surface area contributed by atoms with E-state index in [-0.39, 0.29) is 5.91 Å². The van der Waals surface area contributed by atoms with Crippen molar-refractivity contribution in [2.45, 2.75) is 18.8 Å². The Bertz CT molecular complexity index is 864. The lowest BCUT2D eigenvalue weighted by Crippen LogP contribution is -2.37. The molecule has 0 saturated carbocycles. The molecule has 0 bridgehead atoms. The standard InChI is InChI=1S/C19H18BrN3O2/c20-18-7-6-17(25-18)19(24)22-10-8-14(9-11-22)15-12-21-23(13-15)16-4-2-1-3-5-16/h1-7,12-14H,8-11H2. The molecule has 1 amide bonds. The Morgan fingerprint density at radius 2 is 1.88 bits per heavy atom. The van der Waals surface area contributed by atoms with E-state index in [0.29, 0.717) is 16.3 Å². The summed E-state index contributed by atoms with van der Waals surface area (Å²) in [6.45, 7) is 1.47. The molecule has 1 aromatic carbocycles. The van der Waals surface area contributed by atoms with Crippen LogP contribution in [0.25, 0.3) is 5.69 Å². The Balaban J connectivity index is 1.41. The van der Waals surface area contributed by atoms with Crippen molar-refractivity contribution in [1.29, 1.82) is 0 Å². The van der Waals surface area contributed by atoms with Crippen LogP contribution >= 0.6 is 15.9 Å². The van der Waals surface area contributed by atoms with Crippen molar-refractivity contribution in [2.75, 3.05) is 13.1 Å². The molecule has 1 aliphatic heterocycles. The average Bonchev–Trinajstić information content (AvgIpc) is 3.31. The maximum absolute atomic E-state index is 12.4. The van der Waals surface area contributed by atoms with Crippen LogP contribution < -0.4 is 0 Å². The minimum atomic E-state index is -0.0378. The number of hydrogen-bond donors (Lipinski definition) is 0. The molecular weight excluding hydrogens is 382 g/mol. The molecule has 3 aromatic rings. The molecule has 0 unspecified atom stereocenters. The molecule has 4 rings (SSSR count). The molecule has 0 atom stereocenters. The molecule has 1 fully saturated rings. The van der Waals surface area contributed by atoms with Crippen molar-refractivity contribution in [1.82, 2.24) is 14.7 Å². The molecule has 1 saturated heterocycles. The highest BCUT2D eigenvalue weighted by atomic mass is 79.9. The largest absolute Gasteiger partial charge is 0.444 e. The van der Waals surface area contributed by atoms with Gasteiger partial charge in [-0.1, -0.05) is 18.2 Å². The highest BCUT2D eigenvalue weighted by Gasteiger charge is 2.26. The fraction of sp³-hybridized carbons (Fsp3) is 0.263. The van der Waals surface area contributed by atoms with Crippen LogP contribution in [0.5, 0.6) is 0 Å². The number of aromatic nitrogens is 2. The van der Waals surface area contributed by atoms with E-state index in [0.717, 1.165) is 31.6 Å². The second-order valence-corrected chi connectivity index (χ2v) is 7.01. The summed E-state index contributed by atoms with van der Waals surface area (Å²) in [6, 6.07) is 13.6. The van der Waals surface area contributed by atoms with Crippen LogP contribution in [0.3, 0.4) is 0 Å². The smallest absolute Gasteiger partial charge is 0.289 e. The minimum absolute atomic E-state index is 0.0378. The van der Waals surface area contributed by atoms with Gasteiger partial charge in [0.25, 0.3) is 5.91 Å². The van der Waals surface area contributed by atoms with Crippen molar-refractivity contribution in [3.8, 4) is 5.69 Å². The SMILES string of the molecule is O=C(c1ccc(Br)o1)N1CCC(c2cnn(-c3ccccc3)c2)CC1. The van der Waals surface area contributed by atoms with Gasteiger partial charge >= 0.3 is 0 Å². The van der Waals surface area contributed by atoms with Crippen molar-refractivity contribution in [3.05, 3.63) is 70.9 Å². The first kappa shape index (κ1) is 16.1. The van der Waals surface area contributed by atoms with Crippen molar-refractivity contribution in [3.63, 3.8) is 0 Å². The molecule has 6 heteroatoms. The zero-order valence-corrected chi connectivity index (χ0v) is 15.2. The van der Waals surface area contributed by atoms with Gasteiger partial charge in [0.15, 0.2) is 10.4 Å². The molecule has 1 aliphatic rings. The quantitative estimate of drug-likeness (QED) is 0.661. The number of halogens is 1. The van der Waals surface area contributed by atoms with E-state index >= 15 is 0 Å². The number of nitrogens with zero attached hydrogens (tertiary/aromatic N) is 3. The minimum Gasteiger partial charge on any atom is -0.444 e. The first-order valence-corrected chi connectivity index (χ1v) is 9.14. The van der Waals surface area contributed by atoms with Gasteiger partial charge in [0, 0.05) is 19.3 Å². The number of benzene rings is 1. The van der Waals surface area contributed by atoms with Crippen molar-refractivity contribution in [2.24, 2.45) is 0 Å². The number of rotatable bonds is 3. The number of piperidine rings is 1. The summed E-state index contributed by atoms with van der Waals surface area (Å²) in [5.41, 5.74) is 2.29. The number of hydrogen-bond acceptors (Lipinski definition) is 3. The predicted octanol–water partition coefficient (Wildman–Crippen LogP) is 4.25. The van der Waals surface area contributed by atoms with Crippen molar-refractivity contribution < 1.29 is 9.21 Å². The van der Waals surface area contributed by atoms with Gasteiger partial charge in [-0.3, -0.25) is 4.79 Å². The number of likely N-dealkylation sites (tertiary alicyclic amines) is 1. The number of amides is 1. The van der Waals surface area contributed by atoms with Crippen LogP contribution in [0.1, 0.15) is 34.9 Å². The van der Waals surface area contributed by atoms with Crippen LogP contribution in [0.2, 0.25) is 0 Å². The molecule has 2 aromatic heterocycles. The Morgan fingerprint density at radius 1 is 1.12 bits per heavy atom. The van der Waals surface area contributed by atoms with Gasteiger partial charge in [0.05, 0.1) is 11.9 Å². The number of carbonyl (C=O) groups excluding carboxylic acids is 1. The second kappa shape index (κ2) is 6.88. The molecule has 0 spiro atoms. The lowest BCUT2D eigenvalue weighted by molar-refractivity contribution is 0.0679. The summed E-state index contributed by atoms with van der Waals surface area (Å²) in [6.07, 6.45) is 5.92. The van der Waals surface area contributed by atoms with E-state index < -0.39 is 0 Å². The summed E-state index contributed by atoms with van der Waals surface area (Å²) in [7, 11) is 0. The number of para-hydroxylation sites is 1. The zero-order chi connectivity index (χ0) is 17.2. The van der Waals surface area contributed by atoms with Gasteiger partial charge < -0.3 is 9.32 Å². The number of carbonyl (C=O) groups is 1. The maximum Gasteiger partial charge on any atom is 0.289 e. The van der Waals surface area contributed by atoms with Crippen LogP contribution in [0, 0.1) is 0 Å². The fourth-order valence-corrected chi connectivity index (χ4v) is 3.58. The third-order valence-electron chi connectivity index (χ3n) is 4.66. The lowest BCUT2D eigenvalue weighted by Gasteiger charge is -2.31. The van der Waals surface area contributed by atoms with E-state index in [4.69, 9.17) is 4.42 Å². The highest BCUT2D eigenvalue weighted by Crippen LogP contribution is 2.29. The van der Waals surface area contributed by atoms with E-state index in [2.05, 4.69) is 27.2 Å². The van der Waals surface area contributed by atoms with Crippen LogP contribution in [0.4, 0.5) is 0 Å². The second-order valence-electron chi connectivity index (χ2n) is 6.22. The van der Waals surface area contributed by atoms with E-state index in [1.807, 2.05) is 46.1 Å². The summed E-state index contributed by atoms with van der Waals surface area (Å²) < 4.78 is 7.87. The third-order valence-corrected chi connectivity index (χ3v) is 5.09. The van der Waals surface area contributed by atoms with E-state index in [1.54, 1.807) is 12.1 Å². The van der Waals surface area contributed by atoms with Crippen molar-refractivity contribution >= 4 is 21.8 Å². The monoisotopic (exact) mass is 399 g/mol. The van der Waals surface area contributed by atoms with Gasteiger partial charge in [0.1, 0.15) is 0 Å². The van der Waals surface area contributed by atoms with Gasteiger partial charge in [-0.25, -0.2) is 4.68 Å². The normalized spacial score (nSPS) is 15.5. The Hall–Kier alpha value is -2.34. The Morgan fingerprint density at radius 3 is 2.56 bits per heavy atom. The van der Waals surface area contributed by atoms with Gasteiger partial charge in [-0.2, -0.15) is 5.10 Å². The summed E-state index contributed by atoms with van der Waals surface area (Å²) in [5, 5.41) is 4.48. The molecule has 0 radical (unpaired) electrons. The highest BCUT2D eigenvalue weighted by molar-refractivity contribution is 9.10. The Labute approximate surface area is 154 Å². The van der Waals surface area contributed by atoms with E-state index in [9.17, 15) is 4.79 Å². The zero-order valence-electron chi connectivity index (χ0n) is 13.6. The topological polar surface area (TPSA) is 51.3 Å². The van der Waals surface area contributed by atoms with Gasteiger partial charge in [0.2, 0.25) is 0 Å². The predicted molar refractivity (Wildman–Crippen MR) is 97.9 cm³/mol. The molecule has 0 N–H and O–H groups in total. The lowest BCUT2D eigenvalue weighted by atomic mass is 9.91. The average molecular weight is 400 g/mol. The third kappa shape index (κ3) is 3.39. The van der Waals surface area contributed by atoms with Crippen LogP contribution in [-0.4, -0.2) is 33.7 Å². The fourth-order valence-electron chi connectivity index (χ4n) is 3.27. The molecule has 128 valence electrons. The Kier molecular flexibility index (Phi) is 4.44. The molecule has 0 aliphatic carbocycles. The van der Waals surface area contributed by atoms with Crippen LogP contribution in [0.15, 0.2) is 63.9 Å². The maximum atomic E-state index is 12.4. The van der Waals surface area contributed by atoms with Gasteiger partial charge in [-0.15, -0.1) is 0 Å². The molecule has 25 heavy (non-hydrogen) atoms. The van der Waals surface area contributed by atoms with Gasteiger partial charge in [-0.05, 0) is 64.5 Å². The summed E-state index contributed by atoms with van der Waals surface area (Å²) >= 11 is 3.24. The molecule has 5 nitrogen and oxygen atoms in total.